The quantitative estimate of drug-likeness (QED) is 0.270. The SMILES string of the molecule is CC(O)c1ccc(NC(=O)c2c(O)c(/N=N/c3c(C#N)cnn3-c3ncccn3)cc3ccccc23)cc1. The van der Waals surface area contributed by atoms with Crippen molar-refractivity contribution in [3.8, 4) is 17.8 Å². The number of carbonyl (C=O) groups excluding carboxylic acids is 1. The first-order valence-electron chi connectivity index (χ1n) is 11.5. The van der Waals surface area contributed by atoms with Gasteiger partial charge < -0.3 is 15.5 Å². The van der Waals surface area contributed by atoms with E-state index in [0.717, 1.165) is 0 Å². The number of phenolic OH excluding ortho intramolecular Hbond substituents is 1. The monoisotopic (exact) mass is 504 g/mol. The van der Waals surface area contributed by atoms with Gasteiger partial charge in [-0.05, 0) is 47.5 Å². The summed E-state index contributed by atoms with van der Waals surface area (Å²) in [6.45, 7) is 1.65. The standard InChI is InChI=1S/C27H20N8O3/c1-16(36)17-7-9-20(10-8-17)32-26(38)23-21-6-3-2-5-18(21)13-22(24(23)37)33-34-25-19(14-28)15-31-35(25)27-29-11-4-12-30-27/h2-13,15-16,36-37H,1H3,(H,32,38)/b34-33+. The highest BCUT2D eigenvalue weighted by Gasteiger charge is 2.20. The third-order valence-corrected chi connectivity index (χ3v) is 5.74. The molecule has 11 heteroatoms. The number of aromatic nitrogens is 4. The van der Waals surface area contributed by atoms with E-state index in [9.17, 15) is 20.3 Å². The number of anilines is 1. The number of hydrogen-bond donors (Lipinski definition) is 3. The molecule has 0 radical (unpaired) electrons. The molecule has 1 atom stereocenters. The molecule has 38 heavy (non-hydrogen) atoms. The molecule has 0 aliphatic carbocycles. The molecule has 2 heterocycles. The molecule has 0 aliphatic heterocycles. The lowest BCUT2D eigenvalue weighted by Gasteiger charge is -2.12. The molecule has 0 bridgehead atoms. The second-order valence-electron chi connectivity index (χ2n) is 8.25. The predicted octanol–water partition coefficient (Wildman–Crippen LogP) is 5.11. The molecule has 2 aromatic heterocycles. The van der Waals surface area contributed by atoms with E-state index in [2.05, 4.69) is 30.6 Å². The number of aliphatic hydroxyl groups excluding tert-OH is 1. The first-order chi connectivity index (χ1) is 18.5. The molecule has 0 saturated heterocycles. The van der Waals surface area contributed by atoms with Crippen LogP contribution in [-0.2, 0) is 0 Å². The number of benzene rings is 3. The average molecular weight is 505 g/mol. The van der Waals surface area contributed by atoms with E-state index in [0.29, 0.717) is 22.0 Å². The highest BCUT2D eigenvalue weighted by molar-refractivity contribution is 6.16. The van der Waals surface area contributed by atoms with Crippen LogP contribution in [0.2, 0.25) is 0 Å². The maximum Gasteiger partial charge on any atom is 0.260 e. The molecule has 0 saturated carbocycles. The number of rotatable bonds is 6. The fourth-order valence-corrected chi connectivity index (χ4v) is 3.83. The summed E-state index contributed by atoms with van der Waals surface area (Å²) < 4.78 is 1.25. The maximum atomic E-state index is 13.3. The fourth-order valence-electron chi connectivity index (χ4n) is 3.83. The largest absolute Gasteiger partial charge is 0.505 e. The summed E-state index contributed by atoms with van der Waals surface area (Å²) in [5.74, 6) is -0.685. The lowest BCUT2D eigenvalue weighted by molar-refractivity contribution is 0.102. The predicted molar refractivity (Wildman–Crippen MR) is 139 cm³/mol. The van der Waals surface area contributed by atoms with Gasteiger partial charge in [0.15, 0.2) is 11.6 Å². The van der Waals surface area contributed by atoms with Crippen molar-refractivity contribution >= 4 is 33.9 Å². The number of azo groups is 1. The maximum absolute atomic E-state index is 13.3. The Labute approximate surface area is 216 Å². The van der Waals surface area contributed by atoms with Crippen LogP contribution in [0.5, 0.6) is 5.75 Å². The normalized spacial score (nSPS) is 11.9. The minimum atomic E-state index is -0.638. The molecular weight excluding hydrogens is 484 g/mol. The molecule has 186 valence electrons. The summed E-state index contributed by atoms with van der Waals surface area (Å²) in [6.07, 6.45) is 3.72. The Morgan fingerprint density at radius 1 is 1.08 bits per heavy atom. The van der Waals surface area contributed by atoms with Crippen molar-refractivity contribution in [2.24, 2.45) is 10.2 Å². The number of fused-ring (bicyclic) bond motifs is 1. The number of carbonyl (C=O) groups is 1. The van der Waals surface area contributed by atoms with E-state index in [1.165, 1.54) is 23.3 Å². The highest BCUT2D eigenvalue weighted by Crippen LogP contribution is 2.38. The van der Waals surface area contributed by atoms with Gasteiger partial charge in [-0.1, -0.05) is 36.4 Å². The Bertz CT molecular complexity index is 1700. The van der Waals surface area contributed by atoms with Crippen molar-refractivity contribution in [3.05, 3.63) is 95.9 Å². The van der Waals surface area contributed by atoms with Gasteiger partial charge in [0.2, 0.25) is 0 Å². The fraction of sp³-hybridized carbons (Fsp3) is 0.0741. The minimum absolute atomic E-state index is 0.0112. The van der Waals surface area contributed by atoms with Gasteiger partial charge in [-0.15, -0.1) is 10.2 Å². The van der Waals surface area contributed by atoms with Crippen molar-refractivity contribution < 1.29 is 15.0 Å². The summed E-state index contributed by atoms with van der Waals surface area (Å²) in [6, 6.07) is 19.0. The number of phenols is 1. The molecule has 5 aromatic rings. The van der Waals surface area contributed by atoms with Gasteiger partial charge in [0, 0.05) is 18.1 Å². The number of aliphatic hydroxyl groups is 1. The van der Waals surface area contributed by atoms with Crippen LogP contribution in [0, 0.1) is 11.3 Å². The lowest BCUT2D eigenvalue weighted by atomic mass is 10.0. The van der Waals surface area contributed by atoms with Crippen LogP contribution in [0.3, 0.4) is 0 Å². The van der Waals surface area contributed by atoms with Gasteiger partial charge >= 0.3 is 0 Å². The molecule has 1 amide bonds. The molecular formula is C27H20N8O3. The zero-order valence-electron chi connectivity index (χ0n) is 20.0. The second kappa shape index (κ2) is 10.3. The summed E-state index contributed by atoms with van der Waals surface area (Å²) in [5.41, 5.74) is 1.34. The second-order valence-corrected chi connectivity index (χ2v) is 8.25. The molecule has 3 N–H and O–H groups in total. The van der Waals surface area contributed by atoms with E-state index in [-0.39, 0.29) is 34.3 Å². The van der Waals surface area contributed by atoms with Crippen molar-refractivity contribution in [1.82, 2.24) is 19.7 Å². The van der Waals surface area contributed by atoms with Gasteiger partial charge in [-0.3, -0.25) is 4.79 Å². The number of hydrogen-bond acceptors (Lipinski definition) is 9. The topological polar surface area (TPSA) is 162 Å². The highest BCUT2D eigenvalue weighted by atomic mass is 16.3. The summed E-state index contributed by atoms with van der Waals surface area (Å²) in [5, 5.41) is 46.8. The molecule has 0 spiro atoms. The molecule has 5 rings (SSSR count). The van der Waals surface area contributed by atoms with Gasteiger partial charge in [0.1, 0.15) is 17.3 Å². The van der Waals surface area contributed by atoms with Gasteiger partial charge in [-0.2, -0.15) is 15.0 Å². The lowest BCUT2D eigenvalue weighted by Crippen LogP contribution is -2.13. The van der Waals surface area contributed by atoms with Gasteiger partial charge in [0.05, 0.1) is 17.9 Å². The third kappa shape index (κ3) is 4.67. The summed E-state index contributed by atoms with van der Waals surface area (Å²) >= 11 is 0. The Hall–Kier alpha value is -5.47. The Balaban J connectivity index is 1.55. The van der Waals surface area contributed by atoms with Crippen LogP contribution < -0.4 is 5.32 Å². The van der Waals surface area contributed by atoms with Crippen molar-refractivity contribution in [1.29, 1.82) is 5.26 Å². The molecule has 1 unspecified atom stereocenters. The first kappa shape index (κ1) is 24.2. The van der Waals surface area contributed by atoms with Crippen LogP contribution in [-0.4, -0.2) is 35.9 Å². The number of nitrogens with one attached hydrogen (secondary N) is 1. The van der Waals surface area contributed by atoms with Gasteiger partial charge in [0.25, 0.3) is 11.9 Å². The summed E-state index contributed by atoms with van der Waals surface area (Å²) in [4.78, 5) is 21.6. The van der Waals surface area contributed by atoms with Crippen molar-refractivity contribution in [2.75, 3.05) is 5.32 Å². The molecule has 3 aromatic carbocycles. The Kier molecular flexibility index (Phi) is 6.54. The van der Waals surface area contributed by atoms with E-state index < -0.39 is 12.0 Å². The smallest absolute Gasteiger partial charge is 0.260 e. The van der Waals surface area contributed by atoms with Crippen LogP contribution in [0.1, 0.15) is 34.5 Å². The first-order valence-corrected chi connectivity index (χ1v) is 11.5. The van der Waals surface area contributed by atoms with E-state index >= 15 is 0 Å². The molecule has 11 nitrogen and oxygen atoms in total. The van der Waals surface area contributed by atoms with E-state index in [4.69, 9.17) is 0 Å². The number of nitriles is 1. The van der Waals surface area contributed by atoms with Crippen LogP contribution in [0.25, 0.3) is 16.7 Å². The van der Waals surface area contributed by atoms with Crippen LogP contribution >= 0.6 is 0 Å². The number of nitrogens with zero attached hydrogens (tertiary/aromatic N) is 7. The van der Waals surface area contributed by atoms with E-state index in [1.54, 1.807) is 67.6 Å². The molecule has 0 aliphatic rings. The Morgan fingerprint density at radius 2 is 1.82 bits per heavy atom. The zero-order valence-corrected chi connectivity index (χ0v) is 20.0. The van der Waals surface area contributed by atoms with E-state index in [1.807, 2.05) is 6.07 Å². The number of amides is 1. The zero-order chi connectivity index (χ0) is 26.6. The molecule has 0 fully saturated rings. The number of aromatic hydroxyl groups is 1. The van der Waals surface area contributed by atoms with Crippen molar-refractivity contribution in [3.63, 3.8) is 0 Å². The minimum Gasteiger partial charge on any atom is -0.505 e. The average Bonchev–Trinajstić information content (AvgIpc) is 3.35. The van der Waals surface area contributed by atoms with Crippen LogP contribution in [0.15, 0.2) is 89.5 Å². The third-order valence-electron chi connectivity index (χ3n) is 5.74. The van der Waals surface area contributed by atoms with Crippen molar-refractivity contribution in [2.45, 2.75) is 13.0 Å². The summed E-state index contributed by atoms with van der Waals surface area (Å²) in [7, 11) is 0. The van der Waals surface area contributed by atoms with Gasteiger partial charge in [-0.25, -0.2) is 9.97 Å². The van der Waals surface area contributed by atoms with Crippen LogP contribution in [0.4, 0.5) is 17.2 Å². The Morgan fingerprint density at radius 3 is 2.53 bits per heavy atom.